The Kier molecular flexibility index (Phi) is 5.80. The highest BCUT2D eigenvalue weighted by Gasteiger charge is 2.34. The van der Waals surface area contributed by atoms with Crippen LogP contribution in [-0.2, 0) is 9.59 Å². The van der Waals surface area contributed by atoms with Gasteiger partial charge in [0.2, 0.25) is 11.8 Å². The highest BCUT2D eigenvalue weighted by molar-refractivity contribution is 6.30. The van der Waals surface area contributed by atoms with E-state index in [2.05, 4.69) is 19.4 Å². The molecular formula is C16H23ClN3O2+. The van der Waals surface area contributed by atoms with Gasteiger partial charge in [-0.2, -0.15) is 0 Å². The Labute approximate surface area is 136 Å². The van der Waals surface area contributed by atoms with Gasteiger partial charge in [-0.05, 0) is 24.3 Å². The Morgan fingerprint density at radius 2 is 2.05 bits per heavy atom. The maximum Gasteiger partial charge on any atom is 0.227 e. The van der Waals surface area contributed by atoms with E-state index in [0.717, 1.165) is 18.7 Å². The number of amides is 2. The number of carbonyl (C=O) groups excluding carboxylic acids is 2. The van der Waals surface area contributed by atoms with E-state index in [4.69, 9.17) is 11.6 Å². The summed E-state index contributed by atoms with van der Waals surface area (Å²) in [7, 11) is 4.17. The summed E-state index contributed by atoms with van der Waals surface area (Å²) in [5, 5.41) is 3.56. The lowest BCUT2D eigenvalue weighted by Crippen LogP contribution is -3.05. The molecule has 0 aromatic heterocycles. The average Bonchev–Trinajstić information content (AvgIpc) is 2.86. The monoisotopic (exact) mass is 324 g/mol. The second-order valence-corrected chi connectivity index (χ2v) is 6.42. The highest BCUT2D eigenvalue weighted by atomic mass is 35.5. The normalized spacial score (nSPS) is 18.1. The van der Waals surface area contributed by atoms with Crippen molar-refractivity contribution in [3.05, 3.63) is 29.3 Å². The number of halogens is 1. The summed E-state index contributed by atoms with van der Waals surface area (Å²) >= 11 is 5.86. The molecule has 1 aliphatic heterocycles. The number of nitrogens with zero attached hydrogens (tertiary/aromatic N) is 1. The van der Waals surface area contributed by atoms with Crippen molar-refractivity contribution in [1.82, 2.24) is 5.32 Å². The van der Waals surface area contributed by atoms with Gasteiger partial charge in [-0.3, -0.25) is 9.59 Å². The zero-order chi connectivity index (χ0) is 16.1. The van der Waals surface area contributed by atoms with Gasteiger partial charge in [-0.15, -0.1) is 0 Å². The molecule has 0 spiro atoms. The second kappa shape index (κ2) is 7.61. The molecule has 22 heavy (non-hydrogen) atoms. The Morgan fingerprint density at radius 3 is 2.68 bits per heavy atom. The summed E-state index contributed by atoms with van der Waals surface area (Å²) < 4.78 is 0. The molecule has 1 heterocycles. The smallest absolute Gasteiger partial charge is 0.227 e. The van der Waals surface area contributed by atoms with Crippen LogP contribution in [-0.4, -0.2) is 45.5 Å². The van der Waals surface area contributed by atoms with E-state index in [1.807, 2.05) is 0 Å². The summed E-state index contributed by atoms with van der Waals surface area (Å²) in [4.78, 5) is 27.3. The molecule has 2 N–H and O–H groups in total. The maximum absolute atomic E-state index is 12.1. The van der Waals surface area contributed by atoms with E-state index in [9.17, 15) is 9.59 Å². The molecule has 0 unspecified atom stereocenters. The molecule has 0 aliphatic carbocycles. The molecule has 0 saturated carbocycles. The van der Waals surface area contributed by atoms with E-state index < -0.39 is 0 Å². The SMILES string of the molecule is C[NH+](C)CCCNC(=O)[C@H]1CC(=O)N(c2ccc(Cl)cc2)C1. The van der Waals surface area contributed by atoms with Gasteiger partial charge in [0.1, 0.15) is 0 Å². The van der Waals surface area contributed by atoms with Gasteiger partial charge in [0, 0.05) is 36.6 Å². The fourth-order valence-electron chi connectivity index (χ4n) is 2.55. The Hall–Kier alpha value is -1.59. The fraction of sp³-hybridized carbons (Fsp3) is 0.500. The van der Waals surface area contributed by atoms with Crippen LogP contribution in [0.3, 0.4) is 0 Å². The summed E-state index contributed by atoms with van der Waals surface area (Å²) in [6, 6.07) is 7.11. The second-order valence-electron chi connectivity index (χ2n) is 5.98. The molecule has 1 aromatic carbocycles. The minimum Gasteiger partial charge on any atom is -0.356 e. The standard InChI is InChI=1S/C16H22ClN3O2/c1-19(2)9-3-8-18-16(22)12-10-15(21)20(11-12)14-6-4-13(17)5-7-14/h4-7,12H,3,8-11H2,1-2H3,(H,18,22)/p+1/t12-/m0/s1. The minimum absolute atomic E-state index is 0.0137. The third kappa shape index (κ3) is 4.45. The van der Waals surface area contributed by atoms with Crippen LogP contribution in [0.2, 0.25) is 5.02 Å². The number of rotatable bonds is 6. The topological polar surface area (TPSA) is 53.9 Å². The first-order valence-corrected chi connectivity index (χ1v) is 7.98. The number of nitrogens with one attached hydrogen (secondary N) is 2. The van der Waals surface area contributed by atoms with Gasteiger partial charge in [0.05, 0.1) is 26.6 Å². The molecule has 120 valence electrons. The molecule has 1 aromatic rings. The summed E-state index contributed by atoms with van der Waals surface area (Å²) in [5.41, 5.74) is 0.793. The van der Waals surface area contributed by atoms with E-state index >= 15 is 0 Å². The molecule has 1 saturated heterocycles. The minimum atomic E-state index is -0.269. The zero-order valence-electron chi connectivity index (χ0n) is 13.1. The molecule has 0 bridgehead atoms. The number of hydrogen-bond acceptors (Lipinski definition) is 2. The third-order valence-electron chi connectivity index (χ3n) is 3.79. The van der Waals surface area contributed by atoms with Crippen LogP contribution in [0.25, 0.3) is 0 Å². The van der Waals surface area contributed by atoms with Crippen LogP contribution in [0.4, 0.5) is 5.69 Å². The van der Waals surface area contributed by atoms with Gasteiger partial charge in [-0.25, -0.2) is 0 Å². The number of quaternary nitrogens is 1. The first kappa shape index (κ1) is 16.8. The molecule has 0 radical (unpaired) electrons. The summed E-state index contributed by atoms with van der Waals surface area (Å²) in [6.07, 6.45) is 1.21. The number of hydrogen-bond donors (Lipinski definition) is 2. The van der Waals surface area contributed by atoms with Crippen LogP contribution in [0.1, 0.15) is 12.8 Å². The molecule has 5 nitrogen and oxygen atoms in total. The van der Waals surface area contributed by atoms with Crippen molar-refractivity contribution in [3.8, 4) is 0 Å². The zero-order valence-corrected chi connectivity index (χ0v) is 13.8. The number of benzene rings is 1. The lowest BCUT2D eigenvalue weighted by atomic mass is 10.1. The van der Waals surface area contributed by atoms with Gasteiger partial charge in [0.25, 0.3) is 0 Å². The van der Waals surface area contributed by atoms with E-state index in [0.29, 0.717) is 18.1 Å². The first-order valence-electron chi connectivity index (χ1n) is 7.60. The van der Waals surface area contributed by atoms with Crippen LogP contribution < -0.4 is 15.1 Å². The van der Waals surface area contributed by atoms with Gasteiger partial charge in [0.15, 0.2) is 0 Å². The van der Waals surface area contributed by atoms with Crippen LogP contribution >= 0.6 is 11.6 Å². The van der Waals surface area contributed by atoms with Crippen LogP contribution in [0, 0.1) is 5.92 Å². The van der Waals surface area contributed by atoms with E-state index in [1.54, 1.807) is 29.2 Å². The van der Waals surface area contributed by atoms with Gasteiger partial charge in [-0.1, -0.05) is 11.6 Å². The van der Waals surface area contributed by atoms with Crippen molar-refractivity contribution in [2.45, 2.75) is 12.8 Å². The Balaban J connectivity index is 1.86. The first-order chi connectivity index (χ1) is 10.5. The number of anilines is 1. The molecule has 1 atom stereocenters. The largest absolute Gasteiger partial charge is 0.356 e. The third-order valence-corrected chi connectivity index (χ3v) is 4.04. The van der Waals surface area contributed by atoms with Crippen molar-refractivity contribution in [2.75, 3.05) is 38.6 Å². The molecule has 2 amide bonds. The van der Waals surface area contributed by atoms with E-state index in [1.165, 1.54) is 4.90 Å². The van der Waals surface area contributed by atoms with Crippen molar-refractivity contribution in [2.24, 2.45) is 5.92 Å². The quantitative estimate of drug-likeness (QED) is 0.742. The van der Waals surface area contributed by atoms with Crippen molar-refractivity contribution >= 4 is 29.1 Å². The molecule has 1 fully saturated rings. The molecule has 1 aliphatic rings. The van der Waals surface area contributed by atoms with Crippen LogP contribution in [0.5, 0.6) is 0 Å². The molecule has 2 rings (SSSR count). The molecular weight excluding hydrogens is 302 g/mol. The Bertz CT molecular complexity index is 531. The predicted octanol–water partition coefficient (Wildman–Crippen LogP) is 0.344. The van der Waals surface area contributed by atoms with Crippen molar-refractivity contribution < 1.29 is 14.5 Å². The summed E-state index contributed by atoms with van der Waals surface area (Å²) in [6.45, 7) is 2.11. The van der Waals surface area contributed by atoms with Crippen molar-refractivity contribution in [3.63, 3.8) is 0 Å². The summed E-state index contributed by atoms with van der Waals surface area (Å²) in [5.74, 6) is -0.311. The van der Waals surface area contributed by atoms with Crippen molar-refractivity contribution in [1.29, 1.82) is 0 Å². The number of carbonyl (C=O) groups is 2. The highest BCUT2D eigenvalue weighted by Crippen LogP contribution is 2.26. The lowest BCUT2D eigenvalue weighted by molar-refractivity contribution is -0.858. The van der Waals surface area contributed by atoms with E-state index in [-0.39, 0.29) is 24.2 Å². The fourth-order valence-corrected chi connectivity index (χ4v) is 2.68. The average molecular weight is 325 g/mol. The maximum atomic E-state index is 12.1. The van der Waals surface area contributed by atoms with Gasteiger partial charge >= 0.3 is 0 Å². The van der Waals surface area contributed by atoms with Crippen LogP contribution in [0.15, 0.2) is 24.3 Å². The van der Waals surface area contributed by atoms with Gasteiger partial charge < -0.3 is 15.1 Å². The lowest BCUT2D eigenvalue weighted by Gasteiger charge is -2.16. The molecule has 6 heteroatoms. The Morgan fingerprint density at radius 1 is 1.36 bits per heavy atom. The predicted molar refractivity (Wildman–Crippen MR) is 87.2 cm³/mol.